The smallest absolute Gasteiger partial charge is 0.0716 e. The van der Waals surface area contributed by atoms with Gasteiger partial charge in [0, 0.05) is 18.7 Å². The van der Waals surface area contributed by atoms with Crippen molar-refractivity contribution in [2.24, 2.45) is 0 Å². The first kappa shape index (κ1) is 10.6. The molecular weight excluding hydrogens is 140 g/mol. The summed E-state index contributed by atoms with van der Waals surface area (Å²) in [6.07, 6.45) is 1.92. The number of hydrogen-bond acceptors (Lipinski definition) is 3. The van der Waals surface area contributed by atoms with Crippen LogP contribution in [0.15, 0.2) is 0 Å². The summed E-state index contributed by atoms with van der Waals surface area (Å²) in [6.45, 7) is 2.62. The number of aliphatic hydroxyl groups excluding tert-OH is 1. The van der Waals surface area contributed by atoms with Crippen LogP contribution in [-0.2, 0) is 0 Å². The first-order valence-electron chi connectivity index (χ1n) is 4.09. The fourth-order valence-electron chi connectivity index (χ4n) is 0.996. The Balaban J connectivity index is 3.40. The van der Waals surface area contributed by atoms with Crippen molar-refractivity contribution in [2.45, 2.75) is 32.3 Å². The van der Waals surface area contributed by atoms with Gasteiger partial charge in [-0.1, -0.05) is 13.3 Å². The van der Waals surface area contributed by atoms with Crippen LogP contribution < -0.4 is 5.32 Å². The molecule has 0 radical (unpaired) electrons. The Kier molecular flexibility index (Phi) is 6.07. The first-order valence-corrected chi connectivity index (χ1v) is 4.09. The van der Waals surface area contributed by atoms with E-state index in [0.29, 0.717) is 18.7 Å². The summed E-state index contributed by atoms with van der Waals surface area (Å²) in [4.78, 5) is 0. The maximum atomic E-state index is 9.24. The lowest BCUT2D eigenvalue weighted by atomic mass is 10.1. The zero-order chi connectivity index (χ0) is 8.69. The molecule has 0 aliphatic rings. The van der Waals surface area contributed by atoms with Crippen LogP contribution in [0.1, 0.15) is 26.2 Å². The first-order chi connectivity index (χ1) is 5.20. The third-order valence-corrected chi connectivity index (χ3v) is 1.47. The van der Waals surface area contributed by atoms with Crippen LogP contribution in [0.3, 0.4) is 0 Å². The summed E-state index contributed by atoms with van der Waals surface area (Å²) in [6, 6.07) is 0. The van der Waals surface area contributed by atoms with E-state index in [4.69, 9.17) is 5.41 Å². The van der Waals surface area contributed by atoms with E-state index >= 15 is 0 Å². The predicted molar refractivity (Wildman–Crippen MR) is 47.2 cm³/mol. The Morgan fingerprint density at radius 1 is 1.64 bits per heavy atom. The van der Waals surface area contributed by atoms with Crippen LogP contribution in [0.4, 0.5) is 0 Å². The molecule has 3 nitrogen and oxygen atoms in total. The van der Waals surface area contributed by atoms with Crippen molar-refractivity contribution in [1.82, 2.24) is 5.32 Å². The van der Waals surface area contributed by atoms with Crippen molar-refractivity contribution < 1.29 is 5.11 Å². The van der Waals surface area contributed by atoms with Gasteiger partial charge in [-0.05, 0) is 13.5 Å². The van der Waals surface area contributed by atoms with Crippen molar-refractivity contribution in [3.05, 3.63) is 0 Å². The van der Waals surface area contributed by atoms with Gasteiger partial charge in [-0.25, -0.2) is 0 Å². The Morgan fingerprint density at radius 2 is 2.27 bits per heavy atom. The molecule has 66 valence electrons. The zero-order valence-electron chi connectivity index (χ0n) is 7.35. The van der Waals surface area contributed by atoms with Crippen molar-refractivity contribution >= 4 is 5.71 Å². The van der Waals surface area contributed by atoms with Gasteiger partial charge in [-0.2, -0.15) is 0 Å². The van der Waals surface area contributed by atoms with Crippen LogP contribution in [0, 0.1) is 5.41 Å². The summed E-state index contributed by atoms with van der Waals surface area (Å²) < 4.78 is 0. The molecule has 0 unspecified atom stereocenters. The summed E-state index contributed by atoms with van der Waals surface area (Å²) in [5.74, 6) is 0. The van der Waals surface area contributed by atoms with Crippen molar-refractivity contribution in [3.8, 4) is 0 Å². The molecule has 0 aromatic rings. The third-order valence-electron chi connectivity index (χ3n) is 1.47. The van der Waals surface area contributed by atoms with Gasteiger partial charge in [0.05, 0.1) is 6.10 Å². The minimum atomic E-state index is -0.390. The fourth-order valence-corrected chi connectivity index (χ4v) is 0.996. The van der Waals surface area contributed by atoms with Gasteiger partial charge in [0.2, 0.25) is 0 Å². The van der Waals surface area contributed by atoms with Gasteiger partial charge in [0.25, 0.3) is 0 Å². The third kappa shape index (κ3) is 6.01. The van der Waals surface area contributed by atoms with Crippen LogP contribution in [0.5, 0.6) is 0 Å². The van der Waals surface area contributed by atoms with E-state index in [1.807, 2.05) is 6.92 Å². The number of rotatable bonds is 6. The topological polar surface area (TPSA) is 56.1 Å². The minimum Gasteiger partial charge on any atom is -0.391 e. The second-order valence-corrected chi connectivity index (χ2v) is 2.77. The molecule has 0 bridgehead atoms. The van der Waals surface area contributed by atoms with Gasteiger partial charge >= 0.3 is 0 Å². The Hall–Kier alpha value is -0.410. The van der Waals surface area contributed by atoms with E-state index in [-0.39, 0.29) is 6.10 Å². The quantitative estimate of drug-likeness (QED) is 0.500. The van der Waals surface area contributed by atoms with Gasteiger partial charge in [0.1, 0.15) is 0 Å². The van der Waals surface area contributed by atoms with Crippen LogP contribution in [0.2, 0.25) is 0 Å². The van der Waals surface area contributed by atoms with E-state index in [9.17, 15) is 5.11 Å². The number of likely N-dealkylation sites (N-methyl/N-ethyl adjacent to an activating group) is 1. The molecule has 3 N–H and O–H groups in total. The molecule has 1 atom stereocenters. The van der Waals surface area contributed by atoms with Crippen molar-refractivity contribution in [3.63, 3.8) is 0 Å². The molecule has 0 saturated carbocycles. The van der Waals surface area contributed by atoms with E-state index in [2.05, 4.69) is 5.32 Å². The highest BCUT2D eigenvalue weighted by molar-refractivity contribution is 5.81. The monoisotopic (exact) mass is 158 g/mol. The summed E-state index contributed by atoms with van der Waals surface area (Å²) in [5, 5.41) is 19.5. The average Bonchev–Trinajstić information content (AvgIpc) is 1.87. The second-order valence-electron chi connectivity index (χ2n) is 2.77. The summed E-state index contributed by atoms with van der Waals surface area (Å²) in [5.41, 5.74) is 0.648. The molecule has 0 heterocycles. The number of nitrogens with one attached hydrogen (secondary N) is 2. The van der Waals surface area contributed by atoms with E-state index in [1.165, 1.54) is 0 Å². The fraction of sp³-hybridized carbons (Fsp3) is 0.875. The van der Waals surface area contributed by atoms with E-state index in [0.717, 1.165) is 12.8 Å². The zero-order valence-corrected chi connectivity index (χ0v) is 7.35. The molecule has 0 aliphatic carbocycles. The van der Waals surface area contributed by atoms with E-state index in [1.54, 1.807) is 7.05 Å². The van der Waals surface area contributed by atoms with Gasteiger partial charge < -0.3 is 15.8 Å². The molecule has 3 heteroatoms. The summed E-state index contributed by atoms with van der Waals surface area (Å²) in [7, 11) is 1.80. The van der Waals surface area contributed by atoms with Crippen molar-refractivity contribution in [2.75, 3.05) is 13.6 Å². The Bertz CT molecular complexity index is 115. The van der Waals surface area contributed by atoms with E-state index < -0.39 is 0 Å². The van der Waals surface area contributed by atoms with Crippen molar-refractivity contribution in [1.29, 1.82) is 5.41 Å². The minimum absolute atomic E-state index is 0.390. The average molecular weight is 158 g/mol. The van der Waals surface area contributed by atoms with Gasteiger partial charge in [0.15, 0.2) is 0 Å². The van der Waals surface area contributed by atoms with Crippen LogP contribution >= 0.6 is 0 Å². The molecular formula is C8H18N2O. The molecule has 0 saturated heterocycles. The SMILES string of the molecule is CCCC(=N)C[C@H](O)CNC. The molecule has 0 spiro atoms. The highest BCUT2D eigenvalue weighted by Gasteiger charge is 2.04. The lowest BCUT2D eigenvalue weighted by molar-refractivity contribution is 0.181. The van der Waals surface area contributed by atoms with Crippen LogP contribution in [0.25, 0.3) is 0 Å². The molecule has 0 aliphatic heterocycles. The number of aliphatic hydroxyl groups is 1. The molecule has 0 aromatic carbocycles. The largest absolute Gasteiger partial charge is 0.391 e. The van der Waals surface area contributed by atoms with Gasteiger partial charge in [-0.3, -0.25) is 0 Å². The van der Waals surface area contributed by atoms with Crippen LogP contribution in [-0.4, -0.2) is 30.5 Å². The Labute approximate surface area is 68.3 Å². The number of hydrogen-bond donors (Lipinski definition) is 3. The normalized spacial score (nSPS) is 13.0. The Morgan fingerprint density at radius 3 is 2.73 bits per heavy atom. The lowest BCUT2D eigenvalue weighted by Gasteiger charge is -2.09. The highest BCUT2D eigenvalue weighted by Crippen LogP contribution is 1.98. The predicted octanol–water partition coefficient (Wildman–Crippen LogP) is 0.777. The molecule has 0 amide bonds. The standard InChI is InChI=1S/C8H18N2O/c1-3-4-7(9)5-8(11)6-10-2/h8-11H,3-6H2,1-2H3/t8-/m0/s1. The molecule has 0 aromatic heterocycles. The highest BCUT2D eigenvalue weighted by atomic mass is 16.3. The summed E-state index contributed by atoms with van der Waals surface area (Å²) >= 11 is 0. The molecule has 11 heavy (non-hydrogen) atoms. The maximum Gasteiger partial charge on any atom is 0.0716 e. The lowest BCUT2D eigenvalue weighted by Crippen LogP contribution is -2.25. The second kappa shape index (κ2) is 6.31. The molecule has 0 fully saturated rings. The van der Waals surface area contributed by atoms with Gasteiger partial charge in [-0.15, -0.1) is 0 Å². The molecule has 0 rings (SSSR count). The maximum absolute atomic E-state index is 9.24.